The second-order valence-electron chi connectivity index (χ2n) is 4.63. The normalized spacial score (nSPS) is 18.3. The van der Waals surface area contributed by atoms with Crippen molar-refractivity contribution in [1.82, 2.24) is 9.88 Å². The Kier molecular flexibility index (Phi) is 4.74. The Hall–Kier alpha value is -1.62. The number of nitrogens with zero attached hydrogens (tertiary/aromatic N) is 2. The van der Waals surface area contributed by atoms with Crippen molar-refractivity contribution in [3.8, 4) is 0 Å². The summed E-state index contributed by atoms with van der Waals surface area (Å²) < 4.78 is 5.60. The average molecular weight is 263 g/mol. The summed E-state index contributed by atoms with van der Waals surface area (Å²) in [5.74, 6) is 0.633. The lowest BCUT2D eigenvalue weighted by Crippen LogP contribution is -2.37. The van der Waals surface area contributed by atoms with Crippen molar-refractivity contribution in [2.75, 3.05) is 32.1 Å². The fourth-order valence-corrected chi connectivity index (χ4v) is 2.34. The summed E-state index contributed by atoms with van der Waals surface area (Å²) in [7, 11) is 1.77. The smallest absolute Gasteiger partial charge is 0.257 e. The van der Waals surface area contributed by atoms with Crippen molar-refractivity contribution < 1.29 is 9.53 Å². The number of rotatable bonds is 5. The van der Waals surface area contributed by atoms with Crippen molar-refractivity contribution in [3.05, 3.63) is 23.9 Å². The molecule has 0 bridgehead atoms. The molecule has 5 heteroatoms. The number of likely N-dealkylation sites (N-methyl/N-ethyl adjacent to an activating group) is 1. The van der Waals surface area contributed by atoms with Crippen LogP contribution in [0.2, 0.25) is 0 Å². The summed E-state index contributed by atoms with van der Waals surface area (Å²) >= 11 is 0. The Labute approximate surface area is 114 Å². The summed E-state index contributed by atoms with van der Waals surface area (Å²) in [6, 6.07) is 3.59. The lowest BCUT2D eigenvalue weighted by Gasteiger charge is -2.24. The summed E-state index contributed by atoms with van der Waals surface area (Å²) in [4.78, 5) is 18.5. The molecule has 1 saturated heterocycles. The Morgan fingerprint density at radius 1 is 1.63 bits per heavy atom. The van der Waals surface area contributed by atoms with Gasteiger partial charge in [0.25, 0.3) is 5.91 Å². The van der Waals surface area contributed by atoms with E-state index >= 15 is 0 Å². The van der Waals surface area contributed by atoms with Crippen LogP contribution in [0.4, 0.5) is 5.82 Å². The Morgan fingerprint density at radius 3 is 3.11 bits per heavy atom. The topological polar surface area (TPSA) is 54.5 Å². The van der Waals surface area contributed by atoms with Crippen LogP contribution in [0.1, 0.15) is 30.1 Å². The highest BCUT2D eigenvalue weighted by atomic mass is 16.5. The Bertz CT molecular complexity index is 430. The zero-order valence-corrected chi connectivity index (χ0v) is 11.6. The van der Waals surface area contributed by atoms with E-state index in [9.17, 15) is 4.79 Å². The summed E-state index contributed by atoms with van der Waals surface area (Å²) in [6.45, 7) is 4.14. The van der Waals surface area contributed by atoms with E-state index in [1.54, 1.807) is 25.4 Å². The van der Waals surface area contributed by atoms with E-state index in [1.807, 2.05) is 11.8 Å². The minimum atomic E-state index is 0.00968. The molecule has 1 atom stereocenters. The van der Waals surface area contributed by atoms with Crippen LogP contribution >= 0.6 is 0 Å². The van der Waals surface area contributed by atoms with Crippen molar-refractivity contribution >= 4 is 11.7 Å². The van der Waals surface area contributed by atoms with Gasteiger partial charge in [-0.3, -0.25) is 4.79 Å². The Morgan fingerprint density at radius 2 is 2.47 bits per heavy atom. The van der Waals surface area contributed by atoms with Gasteiger partial charge in [-0.15, -0.1) is 0 Å². The number of aromatic nitrogens is 1. The first kappa shape index (κ1) is 13.8. The van der Waals surface area contributed by atoms with Crippen molar-refractivity contribution in [1.29, 1.82) is 0 Å². The zero-order chi connectivity index (χ0) is 13.7. The van der Waals surface area contributed by atoms with Gasteiger partial charge in [0.05, 0.1) is 11.7 Å². The van der Waals surface area contributed by atoms with Crippen LogP contribution in [0.25, 0.3) is 0 Å². The molecule has 1 aromatic rings. The van der Waals surface area contributed by atoms with Crippen LogP contribution in [0.5, 0.6) is 0 Å². The molecule has 104 valence electrons. The first-order valence-corrected chi connectivity index (χ1v) is 6.80. The minimum absolute atomic E-state index is 0.00968. The lowest BCUT2D eigenvalue weighted by atomic mass is 10.2. The third-order valence-corrected chi connectivity index (χ3v) is 3.39. The molecule has 1 aliphatic heterocycles. The molecule has 0 spiro atoms. The molecular formula is C14H21N3O2. The van der Waals surface area contributed by atoms with E-state index in [-0.39, 0.29) is 12.0 Å². The number of pyridine rings is 1. The molecule has 0 radical (unpaired) electrons. The number of hydrogen-bond acceptors (Lipinski definition) is 4. The second kappa shape index (κ2) is 6.52. The van der Waals surface area contributed by atoms with Crippen LogP contribution in [0.3, 0.4) is 0 Å². The van der Waals surface area contributed by atoms with Gasteiger partial charge in [-0.1, -0.05) is 0 Å². The number of carbonyl (C=O) groups is 1. The summed E-state index contributed by atoms with van der Waals surface area (Å²) in [5.41, 5.74) is 0.616. The number of nitrogens with one attached hydrogen (secondary N) is 1. The molecule has 2 rings (SSSR count). The molecule has 1 aliphatic rings. The SMILES string of the molecule is CCN(CC1CCCO1)C(=O)c1cccnc1NC. The van der Waals surface area contributed by atoms with Gasteiger partial charge in [0.1, 0.15) is 5.82 Å². The van der Waals surface area contributed by atoms with Gasteiger partial charge in [0, 0.05) is 32.9 Å². The van der Waals surface area contributed by atoms with Gasteiger partial charge < -0.3 is 15.0 Å². The van der Waals surface area contributed by atoms with Gasteiger partial charge in [-0.05, 0) is 31.9 Å². The highest BCUT2D eigenvalue weighted by Gasteiger charge is 2.23. The summed E-state index contributed by atoms with van der Waals surface area (Å²) in [6.07, 6.45) is 3.98. The number of amides is 1. The van der Waals surface area contributed by atoms with Crippen LogP contribution in [0, 0.1) is 0 Å². The number of hydrogen-bond donors (Lipinski definition) is 1. The van der Waals surface area contributed by atoms with Crippen molar-refractivity contribution in [2.45, 2.75) is 25.9 Å². The fraction of sp³-hybridized carbons (Fsp3) is 0.571. The predicted octanol–water partition coefficient (Wildman–Crippen LogP) is 1.76. The molecule has 0 saturated carbocycles. The van der Waals surface area contributed by atoms with Gasteiger partial charge in [0.2, 0.25) is 0 Å². The largest absolute Gasteiger partial charge is 0.376 e. The van der Waals surface area contributed by atoms with E-state index < -0.39 is 0 Å². The molecule has 1 unspecified atom stereocenters. The van der Waals surface area contributed by atoms with E-state index in [0.29, 0.717) is 24.5 Å². The average Bonchev–Trinajstić information content (AvgIpc) is 2.97. The van der Waals surface area contributed by atoms with E-state index in [1.165, 1.54) is 0 Å². The number of ether oxygens (including phenoxy) is 1. The number of carbonyl (C=O) groups excluding carboxylic acids is 1. The highest BCUT2D eigenvalue weighted by molar-refractivity contribution is 5.98. The van der Waals surface area contributed by atoms with Crippen LogP contribution in [0.15, 0.2) is 18.3 Å². The number of anilines is 1. The van der Waals surface area contributed by atoms with Gasteiger partial charge >= 0.3 is 0 Å². The quantitative estimate of drug-likeness (QED) is 0.879. The van der Waals surface area contributed by atoms with E-state index in [2.05, 4.69) is 10.3 Å². The van der Waals surface area contributed by atoms with Crippen molar-refractivity contribution in [3.63, 3.8) is 0 Å². The second-order valence-corrected chi connectivity index (χ2v) is 4.63. The zero-order valence-electron chi connectivity index (χ0n) is 11.6. The van der Waals surface area contributed by atoms with Gasteiger partial charge in [-0.2, -0.15) is 0 Å². The molecule has 1 aromatic heterocycles. The first-order chi connectivity index (χ1) is 9.26. The molecule has 1 N–H and O–H groups in total. The van der Waals surface area contributed by atoms with E-state index in [4.69, 9.17) is 4.74 Å². The van der Waals surface area contributed by atoms with Gasteiger partial charge in [-0.25, -0.2) is 4.98 Å². The molecule has 0 aromatic carbocycles. The molecule has 1 amide bonds. The fourth-order valence-electron chi connectivity index (χ4n) is 2.34. The highest BCUT2D eigenvalue weighted by Crippen LogP contribution is 2.17. The monoisotopic (exact) mass is 263 g/mol. The Balaban J connectivity index is 2.10. The molecule has 19 heavy (non-hydrogen) atoms. The predicted molar refractivity (Wildman–Crippen MR) is 74.3 cm³/mol. The van der Waals surface area contributed by atoms with E-state index in [0.717, 1.165) is 19.4 Å². The standard InChI is InChI=1S/C14H21N3O2/c1-3-17(10-11-6-5-9-19-11)14(18)12-7-4-8-16-13(12)15-2/h4,7-8,11H,3,5-6,9-10H2,1-2H3,(H,15,16). The molecule has 1 fully saturated rings. The molecule has 2 heterocycles. The molecular weight excluding hydrogens is 242 g/mol. The molecule has 0 aliphatic carbocycles. The van der Waals surface area contributed by atoms with Crippen LogP contribution in [-0.2, 0) is 4.74 Å². The summed E-state index contributed by atoms with van der Waals surface area (Å²) in [5, 5.41) is 2.96. The molecule has 5 nitrogen and oxygen atoms in total. The van der Waals surface area contributed by atoms with Crippen molar-refractivity contribution in [2.24, 2.45) is 0 Å². The van der Waals surface area contributed by atoms with Crippen LogP contribution in [-0.4, -0.2) is 48.6 Å². The lowest BCUT2D eigenvalue weighted by molar-refractivity contribution is 0.0539. The third-order valence-electron chi connectivity index (χ3n) is 3.39. The maximum absolute atomic E-state index is 12.5. The van der Waals surface area contributed by atoms with Crippen LogP contribution < -0.4 is 5.32 Å². The maximum Gasteiger partial charge on any atom is 0.257 e. The minimum Gasteiger partial charge on any atom is -0.376 e. The third kappa shape index (κ3) is 3.23. The first-order valence-electron chi connectivity index (χ1n) is 6.80. The maximum atomic E-state index is 12.5. The van der Waals surface area contributed by atoms with Gasteiger partial charge in [0.15, 0.2) is 0 Å².